The molecule has 6 heteroatoms. The molecule has 0 saturated carbocycles. The number of carboxylic acids is 1. The van der Waals surface area contributed by atoms with E-state index in [-0.39, 0.29) is 12.2 Å². The van der Waals surface area contributed by atoms with Gasteiger partial charge < -0.3 is 15.2 Å². The number of carbonyl (C=O) groups is 2. The van der Waals surface area contributed by atoms with Gasteiger partial charge in [-0.05, 0) is 6.07 Å². The van der Waals surface area contributed by atoms with Crippen LogP contribution < -0.4 is 5.32 Å². The van der Waals surface area contributed by atoms with E-state index >= 15 is 0 Å². The summed E-state index contributed by atoms with van der Waals surface area (Å²) < 4.78 is 18.3. The Kier molecular flexibility index (Phi) is 5.53. The summed E-state index contributed by atoms with van der Waals surface area (Å²) in [7, 11) is 0. The molecule has 5 nitrogen and oxygen atoms in total. The lowest BCUT2D eigenvalue weighted by atomic mass is 10.0. The maximum atomic E-state index is 13.6. The lowest BCUT2D eigenvalue weighted by molar-refractivity contribution is -0.137. The van der Waals surface area contributed by atoms with Crippen molar-refractivity contribution in [2.24, 2.45) is 0 Å². The topological polar surface area (TPSA) is 75.6 Å². The molecule has 0 aliphatic rings. The van der Waals surface area contributed by atoms with Crippen molar-refractivity contribution in [3.63, 3.8) is 0 Å². The first kappa shape index (κ1) is 14.7. The number of hydrogen-bond donors (Lipinski definition) is 2. The van der Waals surface area contributed by atoms with Crippen molar-refractivity contribution in [1.29, 1.82) is 0 Å². The summed E-state index contributed by atoms with van der Waals surface area (Å²) in [5, 5.41) is 11.1. The van der Waals surface area contributed by atoms with Crippen LogP contribution in [0.5, 0.6) is 0 Å². The van der Waals surface area contributed by atoms with E-state index in [0.29, 0.717) is 0 Å². The highest BCUT2D eigenvalue weighted by atomic mass is 19.1. The average molecular weight is 267 g/mol. The van der Waals surface area contributed by atoms with Crippen LogP contribution in [0.15, 0.2) is 36.9 Å². The Balaban J connectivity index is 2.83. The molecular formula is C13H14FNO4. The second kappa shape index (κ2) is 7.15. The molecular weight excluding hydrogens is 253 g/mol. The number of amides is 1. The number of nitrogens with one attached hydrogen (secondary N) is 1. The van der Waals surface area contributed by atoms with E-state index in [1.165, 1.54) is 24.3 Å². The van der Waals surface area contributed by atoms with Gasteiger partial charge in [0.1, 0.15) is 12.4 Å². The second-order valence-corrected chi connectivity index (χ2v) is 3.70. The molecule has 0 saturated heterocycles. The number of ether oxygens (including phenoxy) is 1. The molecule has 102 valence electrons. The van der Waals surface area contributed by atoms with Crippen LogP contribution in [0.4, 0.5) is 9.18 Å². The fourth-order valence-electron chi connectivity index (χ4n) is 1.49. The van der Waals surface area contributed by atoms with Crippen LogP contribution in [-0.4, -0.2) is 23.8 Å². The maximum Gasteiger partial charge on any atom is 0.407 e. The summed E-state index contributed by atoms with van der Waals surface area (Å²) in [6, 6.07) is 4.66. The number of rotatable bonds is 6. The fourth-order valence-corrected chi connectivity index (χ4v) is 1.49. The van der Waals surface area contributed by atoms with Gasteiger partial charge >= 0.3 is 12.1 Å². The molecule has 1 atom stereocenters. The SMILES string of the molecule is C=CCOC(=O)NC(CC(=O)O)c1ccccc1F. The van der Waals surface area contributed by atoms with E-state index in [9.17, 15) is 14.0 Å². The summed E-state index contributed by atoms with van der Waals surface area (Å²) in [6.45, 7) is 3.36. The maximum absolute atomic E-state index is 13.6. The zero-order valence-corrected chi connectivity index (χ0v) is 10.1. The first-order chi connectivity index (χ1) is 9.04. The predicted octanol–water partition coefficient (Wildman–Crippen LogP) is 2.25. The van der Waals surface area contributed by atoms with Crippen LogP contribution in [0, 0.1) is 5.82 Å². The van der Waals surface area contributed by atoms with Gasteiger partial charge in [-0.15, -0.1) is 0 Å². The van der Waals surface area contributed by atoms with Gasteiger partial charge in [-0.3, -0.25) is 4.79 Å². The van der Waals surface area contributed by atoms with Crippen molar-refractivity contribution < 1.29 is 23.8 Å². The molecule has 0 bridgehead atoms. The summed E-state index contributed by atoms with van der Waals surface area (Å²) in [4.78, 5) is 22.1. The first-order valence-corrected chi connectivity index (χ1v) is 5.55. The van der Waals surface area contributed by atoms with E-state index in [0.717, 1.165) is 0 Å². The number of alkyl carbamates (subject to hydrolysis) is 1. The van der Waals surface area contributed by atoms with Crippen LogP contribution in [0.25, 0.3) is 0 Å². The van der Waals surface area contributed by atoms with Gasteiger partial charge in [-0.1, -0.05) is 30.9 Å². The molecule has 0 spiro atoms. The molecule has 0 fully saturated rings. The Labute approximate surface area is 109 Å². The average Bonchev–Trinajstić information content (AvgIpc) is 2.35. The molecule has 1 aromatic carbocycles. The fraction of sp³-hybridized carbons (Fsp3) is 0.231. The second-order valence-electron chi connectivity index (χ2n) is 3.70. The van der Waals surface area contributed by atoms with Crippen LogP contribution in [-0.2, 0) is 9.53 Å². The van der Waals surface area contributed by atoms with Crippen molar-refractivity contribution in [1.82, 2.24) is 5.32 Å². The van der Waals surface area contributed by atoms with Gasteiger partial charge in [-0.25, -0.2) is 9.18 Å². The smallest absolute Gasteiger partial charge is 0.407 e. The molecule has 1 amide bonds. The number of carbonyl (C=O) groups excluding carboxylic acids is 1. The number of halogens is 1. The summed E-state index contributed by atoms with van der Waals surface area (Å²) in [5.41, 5.74) is 0.0976. The van der Waals surface area contributed by atoms with Crippen LogP contribution in [0.1, 0.15) is 18.0 Å². The van der Waals surface area contributed by atoms with E-state index in [4.69, 9.17) is 5.11 Å². The minimum Gasteiger partial charge on any atom is -0.481 e. The van der Waals surface area contributed by atoms with E-state index < -0.39 is 30.3 Å². The van der Waals surface area contributed by atoms with Crippen molar-refractivity contribution in [2.75, 3.05) is 6.61 Å². The Morgan fingerprint density at radius 3 is 2.74 bits per heavy atom. The van der Waals surface area contributed by atoms with Crippen LogP contribution in [0.3, 0.4) is 0 Å². The largest absolute Gasteiger partial charge is 0.481 e. The molecule has 1 aromatic rings. The first-order valence-electron chi connectivity index (χ1n) is 5.55. The Hall–Kier alpha value is -2.37. The molecule has 0 heterocycles. The van der Waals surface area contributed by atoms with Crippen molar-refractivity contribution >= 4 is 12.1 Å². The van der Waals surface area contributed by atoms with Gasteiger partial charge in [-0.2, -0.15) is 0 Å². The van der Waals surface area contributed by atoms with E-state index in [1.807, 2.05) is 0 Å². The monoisotopic (exact) mass is 267 g/mol. The lowest BCUT2D eigenvalue weighted by Crippen LogP contribution is -2.31. The Bertz CT molecular complexity index is 475. The molecule has 0 aliphatic carbocycles. The third-order valence-electron chi connectivity index (χ3n) is 2.28. The van der Waals surface area contributed by atoms with Crippen molar-refractivity contribution in [3.8, 4) is 0 Å². The normalized spacial score (nSPS) is 11.4. The number of benzene rings is 1. The third kappa shape index (κ3) is 4.79. The van der Waals surface area contributed by atoms with Gasteiger partial charge in [0.15, 0.2) is 0 Å². The lowest BCUT2D eigenvalue weighted by Gasteiger charge is -2.17. The Morgan fingerprint density at radius 2 is 2.16 bits per heavy atom. The van der Waals surface area contributed by atoms with E-state index in [2.05, 4.69) is 16.6 Å². The summed E-state index contributed by atoms with van der Waals surface area (Å²) >= 11 is 0. The number of aliphatic carboxylic acids is 1. The standard InChI is InChI=1S/C13H14FNO4/c1-2-7-19-13(18)15-11(8-12(16)17)9-5-3-4-6-10(9)14/h2-6,11H,1,7-8H2,(H,15,18)(H,16,17). The summed E-state index contributed by atoms with van der Waals surface area (Å²) in [5.74, 6) is -1.74. The summed E-state index contributed by atoms with van der Waals surface area (Å²) in [6.07, 6.45) is 0.105. The van der Waals surface area contributed by atoms with Gasteiger partial charge in [0.25, 0.3) is 0 Å². The highest BCUT2D eigenvalue weighted by Crippen LogP contribution is 2.20. The van der Waals surface area contributed by atoms with Crippen LogP contribution >= 0.6 is 0 Å². The van der Waals surface area contributed by atoms with Crippen molar-refractivity contribution in [3.05, 3.63) is 48.3 Å². The highest BCUT2D eigenvalue weighted by molar-refractivity contribution is 5.72. The van der Waals surface area contributed by atoms with E-state index in [1.54, 1.807) is 6.07 Å². The van der Waals surface area contributed by atoms with Crippen molar-refractivity contribution in [2.45, 2.75) is 12.5 Å². The van der Waals surface area contributed by atoms with Gasteiger partial charge in [0.2, 0.25) is 0 Å². The zero-order valence-electron chi connectivity index (χ0n) is 10.1. The predicted molar refractivity (Wildman–Crippen MR) is 66.1 cm³/mol. The molecule has 19 heavy (non-hydrogen) atoms. The van der Waals surface area contributed by atoms with Crippen LogP contribution in [0.2, 0.25) is 0 Å². The number of hydrogen-bond acceptors (Lipinski definition) is 3. The molecule has 0 radical (unpaired) electrons. The minimum atomic E-state index is -1.16. The highest BCUT2D eigenvalue weighted by Gasteiger charge is 2.21. The van der Waals surface area contributed by atoms with Gasteiger partial charge in [0.05, 0.1) is 12.5 Å². The molecule has 2 N–H and O–H groups in total. The Morgan fingerprint density at radius 1 is 1.47 bits per heavy atom. The number of carboxylic acid groups (broad SMARTS) is 1. The minimum absolute atomic E-state index is 0.0110. The molecule has 1 rings (SSSR count). The third-order valence-corrected chi connectivity index (χ3v) is 2.28. The quantitative estimate of drug-likeness (QED) is 0.775. The van der Waals surface area contributed by atoms with Gasteiger partial charge in [0, 0.05) is 5.56 Å². The zero-order chi connectivity index (χ0) is 14.3. The molecule has 0 aliphatic heterocycles. The molecule has 1 unspecified atom stereocenters. The molecule has 0 aromatic heterocycles.